The Morgan fingerprint density at radius 2 is 1.78 bits per heavy atom. The highest BCUT2D eigenvalue weighted by atomic mass is 79.9. The van der Waals surface area contributed by atoms with Gasteiger partial charge in [0.25, 0.3) is 0 Å². The summed E-state index contributed by atoms with van der Waals surface area (Å²) in [6.45, 7) is 1.35. The van der Waals surface area contributed by atoms with Gasteiger partial charge >= 0.3 is 0 Å². The van der Waals surface area contributed by atoms with Crippen molar-refractivity contribution in [2.45, 2.75) is 12.3 Å². The lowest BCUT2D eigenvalue weighted by Crippen LogP contribution is -2.20. The minimum Gasteiger partial charge on any atom is -0.506 e. The van der Waals surface area contributed by atoms with Gasteiger partial charge in [0.15, 0.2) is 11.5 Å². The quantitative estimate of drug-likeness (QED) is 0.527. The van der Waals surface area contributed by atoms with Crippen LogP contribution in [0.2, 0.25) is 10.0 Å². The van der Waals surface area contributed by atoms with E-state index in [-0.39, 0.29) is 50.2 Å². The molecular weight excluding hydrogens is 405 g/mol. The van der Waals surface area contributed by atoms with Crippen LogP contribution in [-0.2, 0) is 6.42 Å². The zero-order chi connectivity index (χ0) is 15.9. The first-order valence-electron chi connectivity index (χ1n) is 6.91. The number of halogens is 3. The van der Waals surface area contributed by atoms with Gasteiger partial charge < -0.3 is 20.6 Å². The van der Waals surface area contributed by atoms with E-state index < -0.39 is 0 Å². The molecule has 1 unspecified atom stereocenters. The monoisotopic (exact) mass is 419 g/mol. The number of phenols is 3. The van der Waals surface area contributed by atoms with Crippen LogP contribution in [0.25, 0.3) is 0 Å². The smallest absolute Gasteiger partial charge is 0.176 e. The Balaban J connectivity index is 0.00000192. The summed E-state index contributed by atoms with van der Waals surface area (Å²) in [7, 11) is 0. The lowest BCUT2D eigenvalue weighted by atomic mass is 9.87. The first kappa shape index (κ1) is 18.2. The third-order valence-electron chi connectivity index (χ3n) is 4.00. The van der Waals surface area contributed by atoms with E-state index in [0.29, 0.717) is 19.5 Å². The molecule has 2 aromatic carbocycles. The summed E-state index contributed by atoms with van der Waals surface area (Å²) in [5, 5.41) is 33.3. The Morgan fingerprint density at radius 3 is 2.48 bits per heavy atom. The van der Waals surface area contributed by atoms with Crippen LogP contribution in [0.3, 0.4) is 0 Å². The van der Waals surface area contributed by atoms with Crippen molar-refractivity contribution < 1.29 is 15.3 Å². The van der Waals surface area contributed by atoms with Gasteiger partial charge in [0.1, 0.15) is 5.75 Å². The van der Waals surface area contributed by atoms with E-state index in [1.54, 1.807) is 18.2 Å². The van der Waals surface area contributed by atoms with E-state index in [2.05, 4.69) is 5.32 Å². The second-order valence-electron chi connectivity index (χ2n) is 5.34. The summed E-state index contributed by atoms with van der Waals surface area (Å²) in [5.74, 6) is -0.627. The van der Waals surface area contributed by atoms with Crippen molar-refractivity contribution in [1.82, 2.24) is 5.32 Å². The molecule has 0 bridgehead atoms. The molecule has 7 heteroatoms. The van der Waals surface area contributed by atoms with Crippen molar-refractivity contribution >= 4 is 40.2 Å². The fourth-order valence-electron chi connectivity index (χ4n) is 2.86. The molecule has 1 aliphatic heterocycles. The second-order valence-corrected chi connectivity index (χ2v) is 6.13. The minimum atomic E-state index is -0.292. The first-order valence-corrected chi connectivity index (χ1v) is 7.67. The predicted molar refractivity (Wildman–Crippen MR) is 96.6 cm³/mol. The van der Waals surface area contributed by atoms with Gasteiger partial charge in [0.2, 0.25) is 0 Å². The van der Waals surface area contributed by atoms with Crippen molar-refractivity contribution in [3.63, 3.8) is 0 Å². The molecule has 23 heavy (non-hydrogen) atoms. The topological polar surface area (TPSA) is 72.7 Å². The zero-order valence-electron chi connectivity index (χ0n) is 12.0. The zero-order valence-corrected chi connectivity index (χ0v) is 15.2. The van der Waals surface area contributed by atoms with Crippen LogP contribution in [0.4, 0.5) is 0 Å². The highest BCUT2D eigenvalue weighted by Crippen LogP contribution is 2.43. The molecule has 0 saturated carbocycles. The molecule has 4 N–H and O–H groups in total. The molecule has 4 nitrogen and oxygen atoms in total. The fourth-order valence-corrected chi connectivity index (χ4v) is 3.28. The molecule has 1 atom stereocenters. The van der Waals surface area contributed by atoms with Gasteiger partial charge in [-0.05, 0) is 47.9 Å². The molecule has 124 valence electrons. The summed E-state index contributed by atoms with van der Waals surface area (Å²) in [6, 6.07) is 6.63. The molecule has 3 rings (SSSR count). The van der Waals surface area contributed by atoms with Gasteiger partial charge in [-0.2, -0.15) is 0 Å². The van der Waals surface area contributed by atoms with Crippen LogP contribution in [-0.4, -0.2) is 28.4 Å². The molecule has 0 fully saturated rings. The van der Waals surface area contributed by atoms with Crippen LogP contribution in [0.5, 0.6) is 17.2 Å². The van der Waals surface area contributed by atoms with Gasteiger partial charge in [-0.3, -0.25) is 0 Å². The lowest BCUT2D eigenvalue weighted by molar-refractivity contribution is 0.402. The molecule has 1 heterocycles. The Labute approximate surface area is 154 Å². The maximum Gasteiger partial charge on any atom is 0.176 e. The van der Waals surface area contributed by atoms with Crippen LogP contribution >= 0.6 is 40.2 Å². The van der Waals surface area contributed by atoms with Crippen LogP contribution in [0.1, 0.15) is 22.6 Å². The number of benzene rings is 2. The second kappa shape index (κ2) is 7.18. The van der Waals surface area contributed by atoms with E-state index in [9.17, 15) is 15.3 Å². The van der Waals surface area contributed by atoms with Gasteiger partial charge in [0, 0.05) is 12.5 Å². The van der Waals surface area contributed by atoms with E-state index in [1.165, 1.54) is 0 Å². The number of nitrogens with one attached hydrogen (secondary N) is 1. The number of hydrogen-bond donors (Lipinski definition) is 4. The number of rotatable bonds is 1. The van der Waals surface area contributed by atoms with E-state index in [1.807, 2.05) is 6.07 Å². The molecule has 1 aliphatic rings. The van der Waals surface area contributed by atoms with Crippen molar-refractivity contribution in [1.29, 1.82) is 0 Å². The largest absolute Gasteiger partial charge is 0.506 e. The van der Waals surface area contributed by atoms with Crippen molar-refractivity contribution in [3.8, 4) is 17.2 Å². The normalized spacial score (nSPS) is 17.0. The fraction of sp³-hybridized carbons (Fsp3) is 0.250. The Kier molecular flexibility index (Phi) is 5.68. The number of fused-ring (bicyclic) bond motifs is 1. The molecule has 0 aliphatic carbocycles. The molecule has 0 saturated heterocycles. The summed E-state index contributed by atoms with van der Waals surface area (Å²) in [5.41, 5.74) is 2.51. The average Bonchev–Trinajstić information content (AvgIpc) is 2.70. The first-order chi connectivity index (χ1) is 10.5. The van der Waals surface area contributed by atoms with Crippen molar-refractivity contribution in [2.24, 2.45) is 0 Å². The molecule has 0 amide bonds. The van der Waals surface area contributed by atoms with Crippen molar-refractivity contribution in [2.75, 3.05) is 13.1 Å². The van der Waals surface area contributed by atoms with Crippen molar-refractivity contribution in [3.05, 3.63) is 51.0 Å². The number of aromatic hydroxyl groups is 3. The maximum absolute atomic E-state index is 9.89. The van der Waals surface area contributed by atoms with Gasteiger partial charge in [-0.1, -0.05) is 29.3 Å². The SMILES string of the molecule is Br.Oc1cc(C2CNCCc3c2cc(O)c(O)c3Cl)ccc1Cl. The number of phenolic OH excluding ortho intramolecular Hbond substituents is 3. The van der Waals surface area contributed by atoms with E-state index in [0.717, 1.165) is 16.7 Å². The standard InChI is InChI=1S/C16H15Cl2NO3.BrH/c17-12-2-1-8(5-13(12)20)11-7-19-4-3-9-10(11)6-14(21)16(22)15(9)18;/h1-2,5-6,11,19-22H,3-4,7H2;1H. The Hall–Kier alpha value is -1.14. The molecule has 0 radical (unpaired) electrons. The van der Waals surface area contributed by atoms with Crippen LogP contribution < -0.4 is 5.32 Å². The number of hydrogen-bond acceptors (Lipinski definition) is 4. The molecule has 0 spiro atoms. The van der Waals surface area contributed by atoms with Gasteiger partial charge in [0.05, 0.1) is 10.0 Å². The van der Waals surface area contributed by atoms with Crippen LogP contribution in [0, 0.1) is 0 Å². The summed E-state index contributed by atoms with van der Waals surface area (Å²) in [6.07, 6.45) is 0.651. The highest BCUT2D eigenvalue weighted by Gasteiger charge is 2.25. The highest BCUT2D eigenvalue weighted by molar-refractivity contribution is 8.93. The molecule has 0 aromatic heterocycles. The predicted octanol–water partition coefficient (Wildman–Crippen LogP) is 3.97. The molecule has 2 aromatic rings. The average molecular weight is 421 g/mol. The van der Waals surface area contributed by atoms with Crippen LogP contribution in [0.15, 0.2) is 24.3 Å². The van der Waals surface area contributed by atoms with E-state index in [4.69, 9.17) is 23.2 Å². The van der Waals surface area contributed by atoms with E-state index >= 15 is 0 Å². The lowest BCUT2D eigenvalue weighted by Gasteiger charge is -2.20. The summed E-state index contributed by atoms with van der Waals surface area (Å²) in [4.78, 5) is 0. The maximum atomic E-state index is 9.89. The summed E-state index contributed by atoms with van der Waals surface area (Å²) >= 11 is 12.1. The van der Waals surface area contributed by atoms with Gasteiger partial charge in [-0.15, -0.1) is 17.0 Å². The molecular formula is C16H16BrCl2NO3. The third-order valence-corrected chi connectivity index (χ3v) is 4.73. The van der Waals surface area contributed by atoms with Gasteiger partial charge in [-0.25, -0.2) is 0 Å². The Morgan fingerprint density at radius 1 is 1.04 bits per heavy atom. The summed E-state index contributed by atoms with van der Waals surface area (Å²) < 4.78 is 0. The Bertz CT molecular complexity index is 740. The minimum absolute atomic E-state index is 0. The third kappa shape index (κ3) is 3.38.